The molecule has 2 aromatic carbocycles. The van der Waals surface area contributed by atoms with Crippen LogP contribution in [-0.4, -0.2) is 37.9 Å². The fraction of sp³-hybridized carbons (Fsp3) is 0.227. The van der Waals surface area contributed by atoms with Gasteiger partial charge in [-0.25, -0.2) is 0 Å². The zero-order valence-electron chi connectivity index (χ0n) is 16.7. The molecular formula is C22H25N5Sn. The fourth-order valence-corrected chi connectivity index (χ4v) is 6.52. The molecule has 0 spiro atoms. The van der Waals surface area contributed by atoms with Gasteiger partial charge in [-0.05, 0) is 0 Å². The number of nitrogens with zero attached hydrogens (tertiary/aromatic N) is 4. The second kappa shape index (κ2) is 7.54. The number of fused-ring (bicyclic) bond motifs is 1. The molecule has 1 N–H and O–H groups in total. The minimum absolute atomic E-state index is 0.123. The Balaban J connectivity index is 1.64. The Morgan fingerprint density at radius 1 is 0.964 bits per heavy atom. The predicted molar refractivity (Wildman–Crippen MR) is 118 cm³/mol. The Hall–Kier alpha value is -2.41. The zero-order chi connectivity index (χ0) is 19.7. The van der Waals surface area contributed by atoms with Crippen LogP contribution in [0.15, 0.2) is 67.1 Å². The minimum Gasteiger partial charge on any atom is -0.0622 e. The van der Waals surface area contributed by atoms with E-state index in [2.05, 4.69) is 67.4 Å². The second-order valence-electron chi connectivity index (χ2n) is 8.08. The van der Waals surface area contributed by atoms with Crippen LogP contribution in [0.2, 0.25) is 14.8 Å². The number of hydrogen-bond donors (Lipinski definition) is 1. The molecule has 6 heteroatoms. The van der Waals surface area contributed by atoms with Gasteiger partial charge in [0.05, 0.1) is 0 Å². The minimum atomic E-state index is -2.11. The van der Waals surface area contributed by atoms with Gasteiger partial charge in [-0.2, -0.15) is 0 Å². The van der Waals surface area contributed by atoms with Crippen molar-refractivity contribution in [2.75, 3.05) is 5.32 Å². The standard InChI is InChI=1S/C19H16N5.3CH3.Sn/c1-14(15-7-3-2-4-8-15)22-19-20-12-11-18(23-19)24-13-21-16-9-5-6-10-17(16)24;;;;/h2-4,6-14H,1H3,(H,20,22,23);3*1H3;. The third-order valence-electron chi connectivity index (χ3n) is 4.95. The van der Waals surface area contributed by atoms with Gasteiger partial charge in [0, 0.05) is 0 Å². The van der Waals surface area contributed by atoms with Crippen molar-refractivity contribution in [1.29, 1.82) is 0 Å². The van der Waals surface area contributed by atoms with Gasteiger partial charge in [0.25, 0.3) is 0 Å². The summed E-state index contributed by atoms with van der Waals surface area (Å²) in [6.45, 7) is 2.11. The molecule has 0 amide bonds. The van der Waals surface area contributed by atoms with Crippen molar-refractivity contribution in [3.63, 3.8) is 0 Å². The Morgan fingerprint density at radius 2 is 1.75 bits per heavy atom. The Morgan fingerprint density at radius 3 is 2.50 bits per heavy atom. The summed E-state index contributed by atoms with van der Waals surface area (Å²) in [5, 5.41) is 3.39. The van der Waals surface area contributed by atoms with Crippen LogP contribution in [0.25, 0.3) is 16.9 Å². The van der Waals surface area contributed by atoms with Crippen molar-refractivity contribution in [3.8, 4) is 5.82 Å². The maximum absolute atomic E-state index is 4.72. The number of benzene rings is 2. The first kappa shape index (κ1) is 18.9. The molecule has 0 bridgehead atoms. The van der Waals surface area contributed by atoms with Crippen molar-refractivity contribution in [2.45, 2.75) is 27.8 Å². The van der Waals surface area contributed by atoms with Crippen molar-refractivity contribution in [3.05, 3.63) is 72.7 Å². The van der Waals surface area contributed by atoms with Gasteiger partial charge in [0.2, 0.25) is 0 Å². The average Bonchev–Trinajstić information content (AvgIpc) is 3.11. The summed E-state index contributed by atoms with van der Waals surface area (Å²) in [7, 11) is 0. The van der Waals surface area contributed by atoms with Crippen molar-refractivity contribution in [2.24, 2.45) is 0 Å². The third-order valence-corrected chi connectivity index (χ3v) is 10.8. The first-order valence-corrected chi connectivity index (χ1v) is 19.5. The molecule has 5 nitrogen and oxygen atoms in total. The molecule has 0 aliphatic rings. The molecule has 4 aromatic rings. The molecule has 0 aliphatic heterocycles. The van der Waals surface area contributed by atoms with E-state index < -0.39 is 18.4 Å². The number of rotatable bonds is 5. The van der Waals surface area contributed by atoms with Gasteiger partial charge >= 0.3 is 152 Å². The average molecular weight is 478 g/mol. The maximum atomic E-state index is 4.72. The van der Waals surface area contributed by atoms with E-state index in [0.717, 1.165) is 16.9 Å². The number of hydrogen-bond acceptors (Lipinski definition) is 4. The molecule has 1 atom stereocenters. The van der Waals surface area contributed by atoms with Crippen LogP contribution in [0.4, 0.5) is 5.95 Å². The van der Waals surface area contributed by atoms with E-state index in [9.17, 15) is 0 Å². The van der Waals surface area contributed by atoms with Crippen LogP contribution in [0, 0.1) is 0 Å². The predicted octanol–water partition coefficient (Wildman–Crippen LogP) is 4.53. The van der Waals surface area contributed by atoms with E-state index in [1.165, 1.54) is 9.14 Å². The molecule has 0 saturated carbocycles. The number of nitrogens with one attached hydrogen (secondary N) is 1. The molecule has 0 fully saturated rings. The van der Waals surface area contributed by atoms with E-state index in [1.54, 1.807) is 6.20 Å². The van der Waals surface area contributed by atoms with E-state index >= 15 is 0 Å². The molecule has 28 heavy (non-hydrogen) atoms. The van der Waals surface area contributed by atoms with Crippen molar-refractivity contribution < 1.29 is 0 Å². The van der Waals surface area contributed by atoms with Crippen molar-refractivity contribution >= 4 is 38.9 Å². The summed E-state index contributed by atoms with van der Waals surface area (Å²) in [4.78, 5) is 21.0. The van der Waals surface area contributed by atoms with Gasteiger partial charge in [-0.3, -0.25) is 0 Å². The molecule has 2 heterocycles. The summed E-state index contributed by atoms with van der Waals surface area (Å²) in [5.74, 6) is 1.42. The molecule has 1 unspecified atom stereocenters. The first-order chi connectivity index (χ1) is 13.4. The number of anilines is 1. The summed E-state index contributed by atoms with van der Waals surface area (Å²) in [6, 6.07) is 19.0. The van der Waals surface area contributed by atoms with Crippen LogP contribution >= 0.6 is 0 Å². The third kappa shape index (κ3) is 3.90. The van der Waals surface area contributed by atoms with Crippen molar-refractivity contribution in [1.82, 2.24) is 19.5 Å². The Bertz CT molecular complexity index is 1100. The molecule has 0 radical (unpaired) electrons. The van der Waals surface area contributed by atoms with Crippen LogP contribution in [0.1, 0.15) is 18.5 Å². The number of imidazole rings is 1. The molecule has 0 saturated heterocycles. The van der Waals surface area contributed by atoms with E-state index in [0.29, 0.717) is 5.95 Å². The molecule has 0 aliphatic carbocycles. The topological polar surface area (TPSA) is 55.6 Å². The summed E-state index contributed by atoms with van der Waals surface area (Å²) in [5.41, 5.74) is 3.29. The molecule has 142 valence electrons. The normalized spacial score (nSPS) is 12.9. The van der Waals surface area contributed by atoms with Crippen LogP contribution < -0.4 is 8.90 Å². The van der Waals surface area contributed by atoms with E-state index in [4.69, 9.17) is 4.98 Å². The Labute approximate surface area is 169 Å². The van der Waals surface area contributed by atoms with Gasteiger partial charge in [-0.1, -0.05) is 18.2 Å². The van der Waals surface area contributed by atoms with Crippen LogP contribution in [0.3, 0.4) is 0 Å². The Kier molecular flexibility index (Phi) is 5.10. The summed E-state index contributed by atoms with van der Waals surface area (Å²) in [6.07, 6.45) is 3.63. The molecular weight excluding hydrogens is 453 g/mol. The monoisotopic (exact) mass is 479 g/mol. The number of aromatic nitrogens is 4. The van der Waals surface area contributed by atoms with E-state index in [-0.39, 0.29) is 6.04 Å². The smallest absolute Gasteiger partial charge is 0.0622 e. The van der Waals surface area contributed by atoms with Crippen LogP contribution in [-0.2, 0) is 0 Å². The SMILES string of the molecule is CC(Nc1nccc(-n2cnc3c[c]([Sn]([CH3])([CH3])[CH3])ccc32)n1)c1ccccc1. The van der Waals surface area contributed by atoms with E-state index in [1.807, 2.05) is 35.2 Å². The molecule has 2 aromatic heterocycles. The summed E-state index contributed by atoms with van der Waals surface area (Å²) < 4.78 is 3.51. The second-order valence-corrected chi connectivity index (χ2v) is 22.6. The quantitative estimate of drug-likeness (QED) is 0.429. The fourth-order valence-electron chi connectivity index (χ4n) is 3.23. The zero-order valence-corrected chi connectivity index (χ0v) is 19.6. The summed E-state index contributed by atoms with van der Waals surface area (Å²) >= 11 is -2.11. The van der Waals surface area contributed by atoms with Gasteiger partial charge in [0.1, 0.15) is 0 Å². The molecule has 4 rings (SSSR count). The van der Waals surface area contributed by atoms with Gasteiger partial charge in [-0.15, -0.1) is 0 Å². The van der Waals surface area contributed by atoms with Crippen LogP contribution in [0.5, 0.6) is 0 Å². The van der Waals surface area contributed by atoms with Gasteiger partial charge in [0.15, 0.2) is 0 Å². The van der Waals surface area contributed by atoms with Gasteiger partial charge < -0.3 is 0 Å². The first-order valence-electron chi connectivity index (χ1n) is 9.54.